The standard InChI is InChI=1S/C21H28N2O2S/c1-15-12-18(4)21(19(5)13-15)26(24,25)23-10-8-22(9-11-23)20-7-6-16(2)17(3)14-20/h6-7,12-14H,8-11H2,1-5H3. The third-order valence-electron chi connectivity index (χ3n) is 5.30. The summed E-state index contributed by atoms with van der Waals surface area (Å²) in [5.74, 6) is 0. The van der Waals surface area contributed by atoms with E-state index in [0.29, 0.717) is 31.1 Å². The second kappa shape index (κ2) is 7.05. The van der Waals surface area contributed by atoms with Gasteiger partial charge in [-0.15, -0.1) is 0 Å². The Labute approximate surface area is 157 Å². The molecule has 140 valence electrons. The summed E-state index contributed by atoms with van der Waals surface area (Å²) in [6.07, 6.45) is 0. The van der Waals surface area contributed by atoms with Crippen LogP contribution in [0.3, 0.4) is 0 Å². The van der Waals surface area contributed by atoms with Crippen LogP contribution in [-0.2, 0) is 10.0 Å². The lowest BCUT2D eigenvalue weighted by Crippen LogP contribution is -2.49. The van der Waals surface area contributed by atoms with E-state index in [1.165, 1.54) is 16.8 Å². The van der Waals surface area contributed by atoms with Crippen molar-refractivity contribution in [1.82, 2.24) is 4.31 Å². The summed E-state index contributed by atoms with van der Waals surface area (Å²) >= 11 is 0. The van der Waals surface area contributed by atoms with E-state index in [4.69, 9.17) is 0 Å². The Kier molecular flexibility index (Phi) is 5.13. The number of hydrogen-bond donors (Lipinski definition) is 0. The second-order valence-corrected chi connectivity index (χ2v) is 9.26. The van der Waals surface area contributed by atoms with Crippen LogP contribution in [0.25, 0.3) is 0 Å². The van der Waals surface area contributed by atoms with Gasteiger partial charge in [0.1, 0.15) is 0 Å². The Balaban J connectivity index is 1.80. The highest BCUT2D eigenvalue weighted by atomic mass is 32.2. The maximum atomic E-state index is 13.2. The summed E-state index contributed by atoms with van der Waals surface area (Å²) < 4.78 is 28.0. The average molecular weight is 373 g/mol. The number of aryl methyl sites for hydroxylation is 5. The van der Waals surface area contributed by atoms with Gasteiger partial charge in [0.2, 0.25) is 10.0 Å². The fraction of sp³-hybridized carbons (Fsp3) is 0.429. The molecule has 26 heavy (non-hydrogen) atoms. The van der Waals surface area contributed by atoms with E-state index < -0.39 is 10.0 Å². The number of anilines is 1. The molecule has 0 aliphatic carbocycles. The number of nitrogens with zero attached hydrogens (tertiary/aromatic N) is 2. The van der Waals surface area contributed by atoms with Crippen molar-refractivity contribution in [2.24, 2.45) is 0 Å². The van der Waals surface area contributed by atoms with Gasteiger partial charge in [-0.3, -0.25) is 0 Å². The lowest BCUT2D eigenvalue weighted by molar-refractivity contribution is 0.384. The Morgan fingerprint density at radius 2 is 1.31 bits per heavy atom. The Morgan fingerprint density at radius 3 is 1.85 bits per heavy atom. The van der Waals surface area contributed by atoms with Gasteiger partial charge in [0.05, 0.1) is 4.90 Å². The van der Waals surface area contributed by atoms with Gasteiger partial charge in [-0.05, 0) is 69.0 Å². The maximum absolute atomic E-state index is 13.2. The van der Waals surface area contributed by atoms with Crippen molar-refractivity contribution in [2.75, 3.05) is 31.1 Å². The van der Waals surface area contributed by atoms with E-state index >= 15 is 0 Å². The lowest BCUT2D eigenvalue weighted by Gasteiger charge is -2.36. The van der Waals surface area contributed by atoms with Crippen LogP contribution in [0.5, 0.6) is 0 Å². The zero-order chi connectivity index (χ0) is 19.1. The first-order valence-electron chi connectivity index (χ1n) is 9.10. The van der Waals surface area contributed by atoms with Crippen molar-refractivity contribution < 1.29 is 8.42 Å². The molecule has 3 rings (SSSR count). The minimum Gasteiger partial charge on any atom is -0.369 e. The molecule has 1 heterocycles. The van der Waals surface area contributed by atoms with Gasteiger partial charge >= 0.3 is 0 Å². The van der Waals surface area contributed by atoms with E-state index in [2.05, 4.69) is 36.9 Å². The van der Waals surface area contributed by atoms with E-state index in [1.807, 2.05) is 32.9 Å². The second-order valence-electron chi connectivity index (χ2n) is 7.39. The van der Waals surface area contributed by atoms with Crippen molar-refractivity contribution in [3.05, 3.63) is 58.1 Å². The van der Waals surface area contributed by atoms with Crippen LogP contribution in [0.4, 0.5) is 5.69 Å². The monoisotopic (exact) mass is 372 g/mol. The molecule has 0 saturated carbocycles. The summed E-state index contributed by atoms with van der Waals surface area (Å²) in [5.41, 5.74) is 6.48. The van der Waals surface area contributed by atoms with Crippen LogP contribution < -0.4 is 4.90 Å². The molecule has 0 bridgehead atoms. The van der Waals surface area contributed by atoms with Crippen LogP contribution >= 0.6 is 0 Å². The fourth-order valence-electron chi connectivity index (χ4n) is 3.81. The van der Waals surface area contributed by atoms with Gasteiger partial charge in [-0.25, -0.2) is 8.42 Å². The zero-order valence-electron chi connectivity index (χ0n) is 16.3. The quantitative estimate of drug-likeness (QED) is 0.824. The van der Waals surface area contributed by atoms with Crippen LogP contribution in [0.1, 0.15) is 27.8 Å². The number of hydrogen-bond acceptors (Lipinski definition) is 3. The normalized spacial score (nSPS) is 16.1. The molecule has 2 aromatic carbocycles. The third kappa shape index (κ3) is 3.51. The van der Waals surface area contributed by atoms with Gasteiger partial charge in [0, 0.05) is 31.9 Å². The molecule has 0 N–H and O–H groups in total. The van der Waals surface area contributed by atoms with Crippen molar-refractivity contribution >= 4 is 15.7 Å². The van der Waals surface area contributed by atoms with E-state index in [1.54, 1.807) is 4.31 Å². The first-order chi connectivity index (χ1) is 12.2. The predicted octanol–water partition coefficient (Wildman–Crippen LogP) is 3.74. The molecule has 0 atom stereocenters. The molecule has 0 spiro atoms. The summed E-state index contributed by atoms with van der Waals surface area (Å²) in [7, 11) is -3.45. The fourth-order valence-corrected chi connectivity index (χ4v) is 5.65. The largest absolute Gasteiger partial charge is 0.369 e. The van der Waals surface area contributed by atoms with Crippen molar-refractivity contribution in [3.8, 4) is 0 Å². The van der Waals surface area contributed by atoms with Crippen molar-refractivity contribution in [1.29, 1.82) is 0 Å². The molecule has 1 aliphatic heterocycles. The van der Waals surface area contributed by atoms with Crippen LogP contribution in [-0.4, -0.2) is 38.9 Å². The van der Waals surface area contributed by atoms with E-state index in [-0.39, 0.29) is 0 Å². The summed E-state index contributed by atoms with van der Waals surface area (Å²) in [6.45, 7) is 12.5. The van der Waals surface area contributed by atoms with Crippen LogP contribution in [0, 0.1) is 34.6 Å². The molecular formula is C21H28N2O2S. The Bertz CT molecular complexity index is 904. The molecule has 0 unspecified atom stereocenters. The molecule has 4 nitrogen and oxygen atoms in total. The van der Waals surface area contributed by atoms with Gasteiger partial charge in [-0.2, -0.15) is 4.31 Å². The van der Waals surface area contributed by atoms with Gasteiger partial charge in [0.25, 0.3) is 0 Å². The molecule has 1 fully saturated rings. The van der Waals surface area contributed by atoms with Crippen molar-refractivity contribution in [2.45, 2.75) is 39.5 Å². The maximum Gasteiger partial charge on any atom is 0.243 e. The SMILES string of the molecule is Cc1cc(C)c(S(=O)(=O)N2CCN(c3ccc(C)c(C)c3)CC2)c(C)c1. The number of sulfonamides is 1. The van der Waals surface area contributed by atoms with Gasteiger partial charge in [-0.1, -0.05) is 23.8 Å². The Morgan fingerprint density at radius 1 is 0.731 bits per heavy atom. The minimum absolute atomic E-state index is 0.475. The molecule has 5 heteroatoms. The highest BCUT2D eigenvalue weighted by Gasteiger charge is 2.31. The zero-order valence-corrected chi connectivity index (χ0v) is 17.2. The molecule has 1 aliphatic rings. The molecule has 0 aromatic heterocycles. The number of benzene rings is 2. The third-order valence-corrected chi connectivity index (χ3v) is 7.50. The first kappa shape index (κ1) is 18.9. The summed E-state index contributed by atoms with van der Waals surface area (Å²) in [5, 5.41) is 0. The molecular weight excluding hydrogens is 344 g/mol. The van der Waals surface area contributed by atoms with E-state index in [9.17, 15) is 8.42 Å². The smallest absolute Gasteiger partial charge is 0.243 e. The predicted molar refractivity (Wildman–Crippen MR) is 108 cm³/mol. The number of rotatable bonds is 3. The highest BCUT2D eigenvalue weighted by Crippen LogP contribution is 2.27. The van der Waals surface area contributed by atoms with Crippen molar-refractivity contribution in [3.63, 3.8) is 0 Å². The van der Waals surface area contributed by atoms with Crippen LogP contribution in [0.15, 0.2) is 35.2 Å². The summed E-state index contributed by atoms with van der Waals surface area (Å²) in [6, 6.07) is 10.3. The average Bonchev–Trinajstić information content (AvgIpc) is 2.56. The first-order valence-corrected chi connectivity index (χ1v) is 10.5. The van der Waals surface area contributed by atoms with Gasteiger partial charge in [0.15, 0.2) is 0 Å². The highest BCUT2D eigenvalue weighted by molar-refractivity contribution is 7.89. The minimum atomic E-state index is -3.45. The topological polar surface area (TPSA) is 40.6 Å². The molecule has 0 radical (unpaired) electrons. The number of piperazine rings is 1. The summed E-state index contributed by atoms with van der Waals surface area (Å²) in [4.78, 5) is 2.75. The van der Waals surface area contributed by atoms with E-state index in [0.717, 1.165) is 16.7 Å². The molecule has 2 aromatic rings. The Hall–Kier alpha value is -1.85. The van der Waals surface area contributed by atoms with Crippen LogP contribution in [0.2, 0.25) is 0 Å². The lowest BCUT2D eigenvalue weighted by atomic mass is 10.1. The van der Waals surface area contributed by atoms with Gasteiger partial charge < -0.3 is 4.90 Å². The molecule has 0 amide bonds. The molecule has 1 saturated heterocycles.